The number of hydrogen-bond acceptors (Lipinski definition) is 4. The highest BCUT2D eigenvalue weighted by Crippen LogP contribution is 2.32. The van der Waals surface area contributed by atoms with E-state index in [9.17, 15) is 4.79 Å². The van der Waals surface area contributed by atoms with E-state index in [0.717, 1.165) is 39.2 Å². The molecule has 1 unspecified atom stereocenters. The molecule has 164 valence electrons. The maximum absolute atomic E-state index is 13.0. The SMILES string of the molecule is Cc1ccc(-c2cnc(SC(C)C(=O)Nc3c(C)nn(C)c3C)n2-c2ccccc2)cc1. The molecule has 6 nitrogen and oxygen atoms in total. The highest BCUT2D eigenvalue weighted by molar-refractivity contribution is 8.00. The highest BCUT2D eigenvalue weighted by Gasteiger charge is 2.22. The number of anilines is 1. The van der Waals surface area contributed by atoms with Crippen molar-refractivity contribution in [3.8, 4) is 16.9 Å². The van der Waals surface area contributed by atoms with Crippen molar-refractivity contribution >= 4 is 23.4 Å². The van der Waals surface area contributed by atoms with Gasteiger partial charge >= 0.3 is 0 Å². The quantitative estimate of drug-likeness (QED) is 0.408. The molecule has 0 fully saturated rings. The van der Waals surface area contributed by atoms with Crippen molar-refractivity contribution in [3.05, 3.63) is 77.7 Å². The van der Waals surface area contributed by atoms with Crippen molar-refractivity contribution in [3.63, 3.8) is 0 Å². The summed E-state index contributed by atoms with van der Waals surface area (Å²) in [5.74, 6) is -0.0753. The molecule has 4 aromatic rings. The molecule has 0 aliphatic carbocycles. The Morgan fingerprint density at radius 3 is 2.34 bits per heavy atom. The number of carbonyl (C=O) groups is 1. The third-order valence-corrected chi connectivity index (χ3v) is 6.57. The molecular formula is C25H27N5OS. The number of imidazole rings is 1. The van der Waals surface area contributed by atoms with Crippen LogP contribution in [0.1, 0.15) is 23.9 Å². The number of thioether (sulfide) groups is 1. The van der Waals surface area contributed by atoms with E-state index in [2.05, 4.69) is 63.3 Å². The van der Waals surface area contributed by atoms with Gasteiger partial charge in [-0.25, -0.2) is 4.98 Å². The molecule has 0 saturated carbocycles. The second-order valence-electron chi connectivity index (χ2n) is 7.88. The standard InChI is InChI=1S/C25H27N5OS/c1-16-11-13-20(14-12-16)22-15-26-25(30(22)21-9-7-6-8-10-21)32-19(4)24(31)27-23-17(2)28-29(5)18(23)3/h6-15,19H,1-5H3,(H,27,31). The molecule has 0 radical (unpaired) electrons. The fourth-order valence-corrected chi connectivity index (χ4v) is 4.47. The maximum Gasteiger partial charge on any atom is 0.237 e. The zero-order valence-corrected chi connectivity index (χ0v) is 19.8. The smallest absolute Gasteiger partial charge is 0.237 e. The molecule has 7 heteroatoms. The van der Waals surface area contributed by atoms with E-state index in [-0.39, 0.29) is 11.2 Å². The average molecular weight is 446 g/mol. The number of aromatic nitrogens is 4. The zero-order valence-electron chi connectivity index (χ0n) is 19.0. The van der Waals surface area contributed by atoms with E-state index in [1.54, 1.807) is 4.68 Å². The fourth-order valence-electron chi connectivity index (χ4n) is 3.56. The molecule has 0 spiro atoms. The van der Waals surface area contributed by atoms with E-state index in [4.69, 9.17) is 0 Å². The molecule has 32 heavy (non-hydrogen) atoms. The lowest BCUT2D eigenvalue weighted by Gasteiger charge is -2.15. The first-order valence-corrected chi connectivity index (χ1v) is 11.4. The van der Waals surface area contributed by atoms with Crippen LogP contribution >= 0.6 is 11.8 Å². The predicted octanol–water partition coefficient (Wildman–Crippen LogP) is 5.32. The molecule has 0 saturated heterocycles. The van der Waals surface area contributed by atoms with Gasteiger partial charge in [-0.2, -0.15) is 5.10 Å². The van der Waals surface area contributed by atoms with Gasteiger partial charge in [-0.05, 0) is 39.8 Å². The zero-order chi connectivity index (χ0) is 22.8. The molecule has 1 amide bonds. The largest absolute Gasteiger partial charge is 0.322 e. The van der Waals surface area contributed by atoms with Crippen LogP contribution in [0.5, 0.6) is 0 Å². The Morgan fingerprint density at radius 2 is 1.72 bits per heavy atom. The summed E-state index contributed by atoms with van der Waals surface area (Å²) < 4.78 is 3.89. The minimum absolute atomic E-state index is 0.0753. The minimum atomic E-state index is -0.343. The van der Waals surface area contributed by atoms with Crippen LogP contribution in [0.3, 0.4) is 0 Å². The number of rotatable bonds is 6. The monoisotopic (exact) mass is 445 g/mol. The van der Waals surface area contributed by atoms with Gasteiger partial charge < -0.3 is 5.32 Å². The van der Waals surface area contributed by atoms with Crippen LogP contribution in [0, 0.1) is 20.8 Å². The molecular weight excluding hydrogens is 418 g/mol. The number of amides is 1. The van der Waals surface area contributed by atoms with Crippen molar-refractivity contribution in [1.82, 2.24) is 19.3 Å². The summed E-state index contributed by atoms with van der Waals surface area (Å²) in [6.07, 6.45) is 1.88. The Hall–Kier alpha value is -3.32. The first-order chi connectivity index (χ1) is 15.3. The van der Waals surface area contributed by atoms with Crippen molar-refractivity contribution in [2.75, 3.05) is 5.32 Å². The Morgan fingerprint density at radius 1 is 1.03 bits per heavy atom. The van der Waals surface area contributed by atoms with E-state index in [0.29, 0.717) is 0 Å². The third-order valence-electron chi connectivity index (χ3n) is 5.50. The summed E-state index contributed by atoms with van der Waals surface area (Å²) in [4.78, 5) is 17.7. The molecule has 0 aliphatic heterocycles. The van der Waals surface area contributed by atoms with Gasteiger partial charge in [0.1, 0.15) is 0 Å². The van der Waals surface area contributed by atoms with Crippen LogP contribution in [-0.2, 0) is 11.8 Å². The van der Waals surface area contributed by atoms with Crippen LogP contribution in [0.4, 0.5) is 5.69 Å². The van der Waals surface area contributed by atoms with Gasteiger partial charge in [0, 0.05) is 18.3 Å². The van der Waals surface area contributed by atoms with Crippen molar-refractivity contribution in [2.45, 2.75) is 38.1 Å². The normalized spacial score (nSPS) is 12.0. The molecule has 2 heterocycles. The van der Waals surface area contributed by atoms with E-state index >= 15 is 0 Å². The number of benzene rings is 2. The highest BCUT2D eigenvalue weighted by atomic mass is 32.2. The lowest BCUT2D eigenvalue weighted by atomic mass is 10.1. The first-order valence-electron chi connectivity index (χ1n) is 10.5. The third kappa shape index (κ3) is 4.34. The molecule has 2 aromatic heterocycles. The summed E-state index contributed by atoms with van der Waals surface area (Å²) in [7, 11) is 1.87. The summed E-state index contributed by atoms with van der Waals surface area (Å²) in [5.41, 5.74) is 6.80. The van der Waals surface area contributed by atoms with E-state index < -0.39 is 0 Å². The van der Waals surface area contributed by atoms with Crippen molar-refractivity contribution < 1.29 is 4.79 Å². The molecule has 1 atom stereocenters. The maximum atomic E-state index is 13.0. The average Bonchev–Trinajstić information content (AvgIpc) is 3.30. The molecule has 0 bridgehead atoms. The summed E-state index contributed by atoms with van der Waals surface area (Å²) in [6.45, 7) is 7.82. The fraction of sp³-hybridized carbons (Fsp3) is 0.240. The second-order valence-corrected chi connectivity index (χ2v) is 9.19. The number of carbonyl (C=O) groups excluding carboxylic acids is 1. The Labute approximate surface area is 192 Å². The lowest BCUT2D eigenvalue weighted by Crippen LogP contribution is -2.23. The second kappa shape index (κ2) is 9.04. The molecule has 1 N–H and O–H groups in total. The Bertz CT molecular complexity index is 1240. The number of nitrogens with zero attached hydrogens (tertiary/aromatic N) is 4. The summed E-state index contributed by atoms with van der Waals surface area (Å²) in [5, 5.41) is 7.86. The Balaban J connectivity index is 1.64. The summed E-state index contributed by atoms with van der Waals surface area (Å²) in [6, 6.07) is 18.5. The van der Waals surface area contributed by atoms with Crippen molar-refractivity contribution in [1.29, 1.82) is 0 Å². The molecule has 0 aliphatic rings. The minimum Gasteiger partial charge on any atom is -0.322 e. The van der Waals surface area contributed by atoms with Crippen molar-refractivity contribution in [2.24, 2.45) is 7.05 Å². The van der Waals surface area contributed by atoms with Gasteiger partial charge in [-0.3, -0.25) is 14.0 Å². The van der Waals surface area contributed by atoms with Crippen LogP contribution in [0.25, 0.3) is 16.9 Å². The lowest BCUT2D eigenvalue weighted by molar-refractivity contribution is -0.115. The van der Waals surface area contributed by atoms with Crippen LogP contribution < -0.4 is 5.32 Å². The van der Waals surface area contributed by atoms with Gasteiger partial charge in [0.15, 0.2) is 5.16 Å². The first kappa shape index (κ1) is 21.9. The van der Waals surface area contributed by atoms with E-state index in [1.807, 2.05) is 52.2 Å². The topological polar surface area (TPSA) is 64.7 Å². The van der Waals surface area contributed by atoms with Gasteiger partial charge in [-0.15, -0.1) is 0 Å². The van der Waals surface area contributed by atoms with Gasteiger partial charge in [0.25, 0.3) is 0 Å². The number of para-hydroxylation sites is 1. The van der Waals surface area contributed by atoms with Gasteiger partial charge in [-0.1, -0.05) is 59.8 Å². The van der Waals surface area contributed by atoms with Crippen LogP contribution in [0.15, 0.2) is 66.0 Å². The molecule has 2 aromatic carbocycles. The Kier molecular flexibility index (Phi) is 6.19. The van der Waals surface area contributed by atoms with Gasteiger partial charge in [0.2, 0.25) is 5.91 Å². The number of nitrogens with one attached hydrogen (secondary N) is 1. The number of hydrogen-bond donors (Lipinski definition) is 1. The van der Waals surface area contributed by atoms with Crippen LogP contribution in [0.2, 0.25) is 0 Å². The molecule has 4 rings (SSSR count). The summed E-state index contributed by atoms with van der Waals surface area (Å²) >= 11 is 1.44. The van der Waals surface area contributed by atoms with Gasteiger partial charge in [0.05, 0.1) is 34.2 Å². The van der Waals surface area contributed by atoms with E-state index in [1.165, 1.54) is 17.3 Å². The predicted molar refractivity (Wildman–Crippen MR) is 130 cm³/mol. The van der Waals surface area contributed by atoms with Crippen LogP contribution in [-0.4, -0.2) is 30.5 Å². The number of aryl methyl sites for hydroxylation is 3.